The molecule has 2 heterocycles. The van der Waals surface area contributed by atoms with Crippen LogP contribution < -0.4 is 9.47 Å². The summed E-state index contributed by atoms with van der Waals surface area (Å²) in [6, 6.07) is 9.26. The summed E-state index contributed by atoms with van der Waals surface area (Å²) in [5.74, 6) is 1.50. The van der Waals surface area contributed by atoms with Crippen molar-refractivity contribution in [3.63, 3.8) is 0 Å². The van der Waals surface area contributed by atoms with E-state index in [2.05, 4.69) is 11.1 Å². The van der Waals surface area contributed by atoms with E-state index in [9.17, 15) is 4.21 Å². The van der Waals surface area contributed by atoms with Crippen LogP contribution in [0.5, 0.6) is 11.5 Å². The Hall–Kier alpha value is -2.39. The minimum Gasteiger partial charge on any atom is -0.484 e. The number of hydrogen-bond donors (Lipinski definition) is 0. The third kappa shape index (κ3) is 2.95. The van der Waals surface area contributed by atoms with Crippen LogP contribution in [0.3, 0.4) is 0 Å². The van der Waals surface area contributed by atoms with Crippen molar-refractivity contribution in [1.29, 1.82) is 5.26 Å². The summed E-state index contributed by atoms with van der Waals surface area (Å²) in [5, 5.41) is 9.07. The Morgan fingerprint density at radius 2 is 2.32 bits per heavy atom. The fraction of sp³-hybridized carbons (Fsp3) is 0.250. The third-order valence-corrected chi connectivity index (χ3v) is 4.05. The standard InChI is InChI=1S/C16H14N2O3S/c1-22(19)10-11-5-13(8-18-7-11)15-9-20-16-12(6-17)3-2-4-14(16)21-15/h2-5,7-8,15H,9-10H2,1H3. The Kier molecular flexibility index (Phi) is 4.07. The van der Waals surface area contributed by atoms with E-state index in [1.54, 1.807) is 36.8 Å². The maximum atomic E-state index is 11.3. The molecular weight excluding hydrogens is 300 g/mol. The van der Waals surface area contributed by atoms with Gasteiger partial charge >= 0.3 is 0 Å². The molecule has 112 valence electrons. The van der Waals surface area contributed by atoms with Gasteiger partial charge in [-0.05, 0) is 23.8 Å². The molecule has 1 aliphatic heterocycles. The highest BCUT2D eigenvalue weighted by molar-refractivity contribution is 7.83. The van der Waals surface area contributed by atoms with Crippen LogP contribution in [0.4, 0.5) is 0 Å². The fourth-order valence-corrected chi connectivity index (χ4v) is 2.98. The molecular formula is C16H14N2O3S. The van der Waals surface area contributed by atoms with Crippen LogP contribution in [0.2, 0.25) is 0 Å². The van der Waals surface area contributed by atoms with Crippen molar-refractivity contribution >= 4 is 10.8 Å². The van der Waals surface area contributed by atoms with Crippen LogP contribution in [0.25, 0.3) is 0 Å². The van der Waals surface area contributed by atoms with E-state index in [0.29, 0.717) is 29.4 Å². The van der Waals surface area contributed by atoms with E-state index < -0.39 is 10.8 Å². The van der Waals surface area contributed by atoms with Crippen molar-refractivity contribution in [3.05, 3.63) is 53.3 Å². The highest BCUT2D eigenvalue weighted by atomic mass is 32.2. The predicted molar refractivity (Wildman–Crippen MR) is 82.0 cm³/mol. The molecule has 0 saturated carbocycles. The summed E-state index contributed by atoms with van der Waals surface area (Å²) < 4.78 is 23.0. The second kappa shape index (κ2) is 6.16. The first-order valence-corrected chi connectivity index (χ1v) is 8.46. The second-order valence-electron chi connectivity index (χ2n) is 5.01. The molecule has 0 amide bonds. The van der Waals surface area contributed by atoms with Crippen LogP contribution in [0, 0.1) is 11.3 Å². The lowest BCUT2D eigenvalue weighted by Crippen LogP contribution is -2.22. The number of aromatic nitrogens is 1. The van der Waals surface area contributed by atoms with Gasteiger partial charge in [0.1, 0.15) is 12.7 Å². The number of hydrogen-bond acceptors (Lipinski definition) is 5. The van der Waals surface area contributed by atoms with E-state index in [-0.39, 0.29) is 6.10 Å². The zero-order chi connectivity index (χ0) is 15.5. The molecule has 22 heavy (non-hydrogen) atoms. The van der Waals surface area contributed by atoms with Crippen LogP contribution >= 0.6 is 0 Å². The van der Waals surface area contributed by atoms with Gasteiger partial charge in [-0.1, -0.05) is 6.07 Å². The van der Waals surface area contributed by atoms with Crippen LogP contribution in [-0.2, 0) is 16.6 Å². The molecule has 0 radical (unpaired) electrons. The van der Waals surface area contributed by atoms with Crippen molar-refractivity contribution in [2.75, 3.05) is 12.9 Å². The quantitative estimate of drug-likeness (QED) is 0.869. The van der Waals surface area contributed by atoms with Crippen molar-refractivity contribution in [2.24, 2.45) is 0 Å². The Morgan fingerprint density at radius 3 is 3.09 bits per heavy atom. The van der Waals surface area contributed by atoms with Gasteiger partial charge in [0.15, 0.2) is 17.6 Å². The zero-order valence-electron chi connectivity index (χ0n) is 12.0. The number of para-hydroxylation sites is 1. The molecule has 3 rings (SSSR count). The molecule has 2 unspecified atom stereocenters. The Bertz CT molecular complexity index is 770. The van der Waals surface area contributed by atoms with Gasteiger partial charge in [-0.15, -0.1) is 0 Å². The van der Waals surface area contributed by atoms with Crippen molar-refractivity contribution < 1.29 is 13.7 Å². The van der Waals surface area contributed by atoms with Crippen molar-refractivity contribution in [1.82, 2.24) is 4.98 Å². The maximum Gasteiger partial charge on any atom is 0.179 e. The van der Waals surface area contributed by atoms with Crippen LogP contribution in [0.1, 0.15) is 22.8 Å². The highest BCUT2D eigenvalue weighted by Crippen LogP contribution is 2.38. The van der Waals surface area contributed by atoms with Gasteiger partial charge in [-0.3, -0.25) is 9.19 Å². The molecule has 0 N–H and O–H groups in total. The second-order valence-corrected chi connectivity index (χ2v) is 6.44. The topological polar surface area (TPSA) is 72.2 Å². The van der Waals surface area contributed by atoms with Gasteiger partial charge in [-0.25, -0.2) is 0 Å². The largest absolute Gasteiger partial charge is 0.484 e. The van der Waals surface area contributed by atoms with Gasteiger partial charge in [0.25, 0.3) is 0 Å². The van der Waals surface area contributed by atoms with Gasteiger partial charge in [-0.2, -0.15) is 5.26 Å². The first-order chi connectivity index (χ1) is 10.7. The summed E-state index contributed by atoms with van der Waals surface area (Å²) >= 11 is 0. The molecule has 0 bridgehead atoms. The molecule has 5 nitrogen and oxygen atoms in total. The number of pyridine rings is 1. The van der Waals surface area contributed by atoms with Gasteiger partial charge in [0.05, 0.1) is 5.56 Å². The number of nitriles is 1. The lowest BCUT2D eigenvalue weighted by atomic mass is 10.1. The predicted octanol–water partition coefficient (Wildman–Crippen LogP) is 2.34. The lowest BCUT2D eigenvalue weighted by molar-refractivity contribution is 0.0907. The molecule has 1 aliphatic rings. The summed E-state index contributed by atoms with van der Waals surface area (Å²) in [7, 11) is -0.918. The van der Waals surface area contributed by atoms with E-state index in [4.69, 9.17) is 14.7 Å². The van der Waals surface area contributed by atoms with Gasteiger partial charge in [0, 0.05) is 40.8 Å². The lowest BCUT2D eigenvalue weighted by Gasteiger charge is -2.27. The third-order valence-electron chi connectivity index (χ3n) is 3.31. The van der Waals surface area contributed by atoms with E-state index in [1.165, 1.54) is 0 Å². The monoisotopic (exact) mass is 314 g/mol. The SMILES string of the molecule is CS(=O)Cc1cncc(C2COc3c(C#N)cccc3O2)c1. The first-order valence-electron chi connectivity index (χ1n) is 6.74. The van der Waals surface area contributed by atoms with E-state index in [0.717, 1.165) is 11.1 Å². The van der Waals surface area contributed by atoms with Crippen molar-refractivity contribution in [2.45, 2.75) is 11.9 Å². The summed E-state index contributed by atoms with van der Waals surface area (Å²) in [4.78, 5) is 4.18. The average molecular weight is 314 g/mol. The average Bonchev–Trinajstić information content (AvgIpc) is 2.53. The number of nitrogens with zero attached hydrogens (tertiary/aromatic N) is 2. The highest BCUT2D eigenvalue weighted by Gasteiger charge is 2.25. The van der Waals surface area contributed by atoms with Gasteiger partial charge in [0.2, 0.25) is 0 Å². The number of fused-ring (bicyclic) bond motifs is 1. The molecule has 1 aromatic carbocycles. The minimum atomic E-state index is -0.918. The van der Waals surface area contributed by atoms with Crippen LogP contribution in [-0.4, -0.2) is 22.1 Å². The molecule has 2 atom stereocenters. The fourth-order valence-electron chi connectivity index (χ4n) is 2.35. The number of benzene rings is 1. The summed E-state index contributed by atoms with van der Waals surface area (Å²) in [5.41, 5.74) is 2.23. The molecule has 0 spiro atoms. The molecule has 0 saturated heterocycles. The van der Waals surface area contributed by atoms with Crippen LogP contribution in [0.15, 0.2) is 36.7 Å². The maximum absolute atomic E-state index is 11.3. The summed E-state index contributed by atoms with van der Waals surface area (Å²) in [6.45, 7) is 0.312. The molecule has 6 heteroatoms. The van der Waals surface area contributed by atoms with E-state index in [1.807, 2.05) is 6.07 Å². The van der Waals surface area contributed by atoms with Crippen molar-refractivity contribution in [3.8, 4) is 17.6 Å². The molecule has 0 fully saturated rings. The van der Waals surface area contributed by atoms with Gasteiger partial charge < -0.3 is 9.47 Å². The molecule has 0 aliphatic carbocycles. The Morgan fingerprint density at radius 1 is 1.45 bits per heavy atom. The minimum absolute atomic E-state index is 0.292. The Labute approximate surface area is 131 Å². The summed E-state index contributed by atoms with van der Waals surface area (Å²) in [6.07, 6.45) is 4.79. The van der Waals surface area contributed by atoms with E-state index >= 15 is 0 Å². The normalized spacial score (nSPS) is 17.5. The Balaban J connectivity index is 1.86. The number of ether oxygens (including phenoxy) is 2. The zero-order valence-corrected chi connectivity index (χ0v) is 12.8. The smallest absolute Gasteiger partial charge is 0.179 e. The molecule has 2 aromatic rings. The number of rotatable bonds is 3. The molecule has 1 aromatic heterocycles. The first kappa shape index (κ1) is 14.5.